The number of rotatable bonds is 2. The Balaban J connectivity index is 1.99. The molecule has 16 heavy (non-hydrogen) atoms. The van der Waals surface area contributed by atoms with Gasteiger partial charge in [0.05, 0.1) is 4.88 Å². The molecule has 2 heterocycles. The average molecular weight is 238 g/mol. The van der Waals surface area contributed by atoms with E-state index in [2.05, 4.69) is 17.6 Å². The monoisotopic (exact) mass is 238 g/mol. The van der Waals surface area contributed by atoms with Gasteiger partial charge in [0.2, 0.25) is 0 Å². The first-order valence-corrected chi connectivity index (χ1v) is 6.62. The van der Waals surface area contributed by atoms with Crippen molar-refractivity contribution >= 4 is 17.2 Å². The fraction of sp³-hybridized carbons (Fsp3) is 0.583. The summed E-state index contributed by atoms with van der Waals surface area (Å²) < 4.78 is 0. The third kappa shape index (κ3) is 2.44. The Morgan fingerprint density at radius 3 is 3.06 bits per heavy atom. The van der Waals surface area contributed by atoms with E-state index >= 15 is 0 Å². The van der Waals surface area contributed by atoms with E-state index in [1.807, 2.05) is 18.4 Å². The Bertz CT molecular complexity index is 375. The fourth-order valence-corrected chi connectivity index (χ4v) is 2.90. The van der Waals surface area contributed by atoms with Crippen LogP contribution in [0.2, 0.25) is 0 Å². The molecule has 1 fully saturated rings. The predicted octanol–water partition coefficient (Wildman–Crippen LogP) is 1.78. The lowest BCUT2D eigenvalue weighted by Gasteiger charge is -2.30. The first kappa shape index (κ1) is 11.6. The molecule has 88 valence electrons. The number of carbonyl (C=O) groups excluding carboxylic acids is 1. The molecule has 0 aromatic carbocycles. The largest absolute Gasteiger partial charge is 0.348 e. The highest BCUT2D eigenvalue weighted by atomic mass is 32.1. The molecule has 1 aromatic rings. The van der Waals surface area contributed by atoms with Gasteiger partial charge in [0.1, 0.15) is 0 Å². The SMILES string of the molecule is Cc1ccsc1C(=O)NC1CCNCC1C. The smallest absolute Gasteiger partial charge is 0.261 e. The molecular formula is C12H18N2OS. The number of hydrogen-bond donors (Lipinski definition) is 2. The van der Waals surface area contributed by atoms with Crippen LogP contribution in [0.1, 0.15) is 28.6 Å². The molecule has 0 aliphatic carbocycles. The molecule has 1 aliphatic rings. The lowest BCUT2D eigenvalue weighted by Crippen LogP contribution is -2.48. The van der Waals surface area contributed by atoms with E-state index in [9.17, 15) is 4.79 Å². The predicted molar refractivity (Wildman–Crippen MR) is 67.0 cm³/mol. The molecule has 0 bridgehead atoms. The minimum Gasteiger partial charge on any atom is -0.348 e. The van der Waals surface area contributed by atoms with Gasteiger partial charge in [-0.25, -0.2) is 0 Å². The lowest BCUT2D eigenvalue weighted by molar-refractivity contribution is 0.0918. The van der Waals surface area contributed by atoms with Gasteiger partial charge < -0.3 is 10.6 Å². The zero-order chi connectivity index (χ0) is 11.5. The molecule has 1 aromatic heterocycles. The van der Waals surface area contributed by atoms with Crippen molar-refractivity contribution in [2.24, 2.45) is 5.92 Å². The summed E-state index contributed by atoms with van der Waals surface area (Å²) in [6, 6.07) is 2.31. The van der Waals surface area contributed by atoms with Crippen LogP contribution in [0.25, 0.3) is 0 Å². The number of carbonyl (C=O) groups is 1. The Labute approximate surface area is 100 Å². The van der Waals surface area contributed by atoms with Crippen molar-refractivity contribution in [3.8, 4) is 0 Å². The number of thiophene rings is 1. The summed E-state index contributed by atoms with van der Waals surface area (Å²) >= 11 is 1.52. The fourth-order valence-electron chi connectivity index (χ4n) is 2.07. The summed E-state index contributed by atoms with van der Waals surface area (Å²) in [5.74, 6) is 0.601. The second kappa shape index (κ2) is 4.97. The Hall–Kier alpha value is -0.870. The van der Waals surface area contributed by atoms with E-state index in [0.717, 1.165) is 30.0 Å². The molecule has 2 atom stereocenters. The van der Waals surface area contributed by atoms with Gasteiger partial charge in [-0.3, -0.25) is 4.79 Å². The summed E-state index contributed by atoms with van der Waals surface area (Å²) in [6.45, 7) is 6.16. The maximum Gasteiger partial charge on any atom is 0.261 e. The summed E-state index contributed by atoms with van der Waals surface area (Å²) in [7, 11) is 0. The van der Waals surface area contributed by atoms with E-state index in [-0.39, 0.29) is 5.91 Å². The summed E-state index contributed by atoms with van der Waals surface area (Å²) in [6.07, 6.45) is 1.03. The molecule has 2 unspecified atom stereocenters. The molecule has 0 radical (unpaired) electrons. The van der Waals surface area contributed by atoms with E-state index in [1.54, 1.807) is 0 Å². The number of aryl methyl sites for hydroxylation is 1. The maximum absolute atomic E-state index is 12.0. The van der Waals surface area contributed by atoms with Crippen LogP contribution in [0.15, 0.2) is 11.4 Å². The van der Waals surface area contributed by atoms with Crippen LogP contribution < -0.4 is 10.6 Å². The first-order valence-electron chi connectivity index (χ1n) is 5.74. The molecular weight excluding hydrogens is 220 g/mol. The molecule has 1 amide bonds. The molecule has 3 nitrogen and oxygen atoms in total. The van der Waals surface area contributed by atoms with Gasteiger partial charge in [0, 0.05) is 6.04 Å². The molecule has 4 heteroatoms. The molecule has 2 N–H and O–H groups in total. The zero-order valence-corrected chi connectivity index (χ0v) is 10.6. The minimum atomic E-state index is 0.0891. The third-order valence-corrected chi connectivity index (χ3v) is 4.19. The zero-order valence-electron chi connectivity index (χ0n) is 9.75. The normalized spacial score (nSPS) is 25.4. The average Bonchev–Trinajstić information content (AvgIpc) is 2.68. The van der Waals surface area contributed by atoms with Crippen molar-refractivity contribution in [2.75, 3.05) is 13.1 Å². The van der Waals surface area contributed by atoms with Crippen LogP contribution in [0.3, 0.4) is 0 Å². The second-order valence-corrected chi connectivity index (χ2v) is 5.40. The summed E-state index contributed by atoms with van der Waals surface area (Å²) in [5, 5.41) is 8.45. The quantitative estimate of drug-likeness (QED) is 0.824. The van der Waals surface area contributed by atoms with E-state index in [4.69, 9.17) is 0 Å². The van der Waals surface area contributed by atoms with Crippen LogP contribution in [-0.4, -0.2) is 25.0 Å². The highest BCUT2D eigenvalue weighted by Gasteiger charge is 2.23. The number of piperidine rings is 1. The van der Waals surface area contributed by atoms with Gasteiger partial charge in [-0.2, -0.15) is 0 Å². The molecule has 1 saturated heterocycles. The lowest BCUT2D eigenvalue weighted by atomic mass is 9.95. The van der Waals surface area contributed by atoms with E-state index < -0.39 is 0 Å². The Morgan fingerprint density at radius 1 is 1.62 bits per heavy atom. The van der Waals surface area contributed by atoms with Gasteiger partial charge in [-0.15, -0.1) is 11.3 Å². The molecule has 0 spiro atoms. The minimum absolute atomic E-state index is 0.0891. The Kier molecular flexibility index (Phi) is 3.61. The Morgan fingerprint density at radius 2 is 2.44 bits per heavy atom. The van der Waals surface area contributed by atoms with E-state index in [0.29, 0.717) is 12.0 Å². The highest BCUT2D eigenvalue weighted by molar-refractivity contribution is 7.12. The van der Waals surface area contributed by atoms with Crippen molar-refractivity contribution in [3.63, 3.8) is 0 Å². The number of hydrogen-bond acceptors (Lipinski definition) is 3. The molecule has 1 aliphatic heterocycles. The van der Waals surface area contributed by atoms with E-state index in [1.165, 1.54) is 11.3 Å². The van der Waals surface area contributed by atoms with Crippen molar-refractivity contribution in [3.05, 3.63) is 21.9 Å². The number of amides is 1. The third-order valence-electron chi connectivity index (χ3n) is 3.17. The maximum atomic E-state index is 12.0. The van der Waals surface area contributed by atoms with Crippen LogP contribution in [0.4, 0.5) is 0 Å². The second-order valence-electron chi connectivity index (χ2n) is 4.48. The van der Waals surface area contributed by atoms with Crippen molar-refractivity contribution in [1.82, 2.24) is 10.6 Å². The highest BCUT2D eigenvalue weighted by Crippen LogP contribution is 2.17. The van der Waals surface area contributed by atoms with Gasteiger partial charge >= 0.3 is 0 Å². The van der Waals surface area contributed by atoms with Gasteiger partial charge in [-0.05, 0) is 49.4 Å². The standard InChI is InChI=1S/C12H18N2OS/c1-8-4-6-16-11(8)12(15)14-10-3-5-13-7-9(10)2/h4,6,9-10,13H,3,5,7H2,1-2H3,(H,14,15). The summed E-state index contributed by atoms with van der Waals surface area (Å²) in [4.78, 5) is 12.9. The van der Waals surface area contributed by atoms with Crippen molar-refractivity contribution in [1.29, 1.82) is 0 Å². The van der Waals surface area contributed by atoms with Crippen molar-refractivity contribution in [2.45, 2.75) is 26.3 Å². The summed E-state index contributed by atoms with van der Waals surface area (Å²) in [5.41, 5.74) is 1.07. The van der Waals surface area contributed by atoms with Crippen LogP contribution in [0, 0.1) is 12.8 Å². The molecule has 0 saturated carbocycles. The van der Waals surface area contributed by atoms with Crippen molar-refractivity contribution < 1.29 is 4.79 Å². The van der Waals surface area contributed by atoms with Gasteiger partial charge in [-0.1, -0.05) is 6.92 Å². The number of nitrogens with one attached hydrogen (secondary N) is 2. The van der Waals surface area contributed by atoms with Gasteiger partial charge in [0.15, 0.2) is 0 Å². The van der Waals surface area contributed by atoms with Crippen LogP contribution >= 0.6 is 11.3 Å². The van der Waals surface area contributed by atoms with Crippen LogP contribution in [-0.2, 0) is 0 Å². The molecule has 2 rings (SSSR count). The first-order chi connectivity index (χ1) is 7.68. The van der Waals surface area contributed by atoms with Crippen LogP contribution in [0.5, 0.6) is 0 Å². The topological polar surface area (TPSA) is 41.1 Å². The van der Waals surface area contributed by atoms with Gasteiger partial charge in [0.25, 0.3) is 5.91 Å².